The fraction of sp³-hybridized carbons (Fsp3) is 0.538. The van der Waals surface area contributed by atoms with Crippen molar-refractivity contribution in [1.82, 2.24) is 5.32 Å². The number of hydrogen-bond donors (Lipinski definition) is 2. The third kappa shape index (κ3) is 3.89. The van der Waals surface area contributed by atoms with E-state index in [-0.39, 0.29) is 12.6 Å². The molecule has 3 heteroatoms. The van der Waals surface area contributed by atoms with Gasteiger partial charge in [0.15, 0.2) is 0 Å². The van der Waals surface area contributed by atoms with Crippen molar-refractivity contribution >= 4 is 15.9 Å². The lowest BCUT2D eigenvalue weighted by Crippen LogP contribution is -2.36. The van der Waals surface area contributed by atoms with E-state index in [4.69, 9.17) is 0 Å². The van der Waals surface area contributed by atoms with E-state index in [1.54, 1.807) is 0 Å². The molecule has 1 rings (SSSR count). The Morgan fingerprint density at radius 1 is 1.38 bits per heavy atom. The molecule has 0 aromatic heterocycles. The lowest BCUT2D eigenvalue weighted by atomic mass is 10.0. The fourth-order valence-corrected chi connectivity index (χ4v) is 2.18. The van der Waals surface area contributed by atoms with E-state index in [0.29, 0.717) is 5.92 Å². The molecule has 1 aromatic carbocycles. The van der Waals surface area contributed by atoms with Crippen molar-refractivity contribution in [3.63, 3.8) is 0 Å². The van der Waals surface area contributed by atoms with Gasteiger partial charge in [-0.1, -0.05) is 41.9 Å². The molecule has 1 unspecified atom stereocenters. The van der Waals surface area contributed by atoms with Gasteiger partial charge in [0.2, 0.25) is 0 Å². The molecule has 0 aliphatic carbocycles. The number of aliphatic hydroxyl groups excluding tert-OH is 1. The van der Waals surface area contributed by atoms with Crippen LogP contribution in [0.25, 0.3) is 0 Å². The Balaban J connectivity index is 2.60. The average Bonchev–Trinajstić information content (AvgIpc) is 2.21. The Morgan fingerprint density at radius 2 is 2.06 bits per heavy atom. The molecule has 0 bridgehead atoms. The van der Waals surface area contributed by atoms with E-state index < -0.39 is 0 Å². The Morgan fingerprint density at radius 3 is 2.56 bits per heavy atom. The van der Waals surface area contributed by atoms with Gasteiger partial charge in [0.1, 0.15) is 0 Å². The van der Waals surface area contributed by atoms with Crippen LogP contribution >= 0.6 is 15.9 Å². The molecular weight excluding hydrogens is 266 g/mol. The Hall–Kier alpha value is -0.380. The maximum atomic E-state index is 9.21. The molecule has 1 aromatic rings. The van der Waals surface area contributed by atoms with Gasteiger partial charge in [0.25, 0.3) is 0 Å². The number of aryl methyl sites for hydroxylation is 1. The van der Waals surface area contributed by atoms with Gasteiger partial charge in [-0.05, 0) is 30.0 Å². The molecule has 0 saturated heterocycles. The van der Waals surface area contributed by atoms with E-state index in [9.17, 15) is 5.11 Å². The maximum Gasteiger partial charge on any atom is 0.0587 e. The number of hydrogen-bond acceptors (Lipinski definition) is 2. The molecule has 0 aliphatic rings. The zero-order chi connectivity index (χ0) is 12.1. The van der Waals surface area contributed by atoms with Crippen molar-refractivity contribution < 1.29 is 5.11 Å². The molecule has 0 radical (unpaired) electrons. The summed E-state index contributed by atoms with van der Waals surface area (Å²) in [5, 5.41) is 12.6. The molecule has 0 fully saturated rings. The summed E-state index contributed by atoms with van der Waals surface area (Å²) in [5.41, 5.74) is 2.47. The molecule has 2 nitrogen and oxygen atoms in total. The third-order valence-electron chi connectivity index (χ3n) is 2.76. The van der Waals surface area contributed by atoms with Crippen LogP contribution in [0.4, 0.5) is 0 Å². The standard InChI is InChI=1S/C13H20BrNO/c1-9(2)13(8-16)15-7-11-5-4-10(3)6-12(11)14/h4-6,9,13,15-16H,7-8H2,1-3H3. The van der Waals surface area contributed by atoms with Gasteiger partial charge in [-0.3, -0.25) is 0 Å². The van der Waals surface area contributed by atoms with Gasteiger partial charge in [0, 0.05) is 17.1 Å². The highest BCUT2D eigenvalue weighted by Gasteiger charge is 2.11. The van der Waals surface area contributed by atoms with Crippen LogP contribution in [0, 0.1) is 12.8 Å². The van der Waals surface area contributed by atoms with Crippen LogP contribution in [0.1, 0.15) is 25.0 Å². The summed E-state index contributed by atoms with van der Waals surface area (Å²) in [6.07, 6.45) is 0. The quantitative estimate of drug-likeness (QED) is 0.872. The summed E-state index contributed by atoms with van der Waals surface area (Å²) in [5.74, 6) is 0.439. The normalized spacial score (nSPS) is 13.1. The molecule has 16 heavy (non-hydrogen) atoms. The highest BCUT2D eigenvalue weighted by atomic mass is 79.9. The second-order valence-electron chi connectivity index (χ2n) is 4.51. The van der Waals surface area contributed by atoms with Gasteiger partial charge >= 0.3 is 0 Å². The van der Waals surface area contributed by atoms with Gasteiger partial charge in [-0.15, -0.1) is 0 Å². The number of aliphatic hydroxyl groups is 1. The minimum atomic E-state index is 0.160. The first-order valence-electron chi connectivity index (χ1n) is 5.64. The predicted octanol–water partition coefficient (Wildman–Crippen LogP) is 2.86. The summed E-state index contributed by atoms with van der Waals surface area (Å²) in [4.78, 5) is 0. The monoisotopic (exact) mass is 285 g/mol. The van der Waals surface area contributed by atoms with Crippen molar-refractivity contribution in [1.29, 1.82) is 0 Å². The zero-order valence-corrected chi connectivity index (χ0v) is 11.7. The summed E-state index contributed by atoms with van der Waals surface area (Å²) in [6, 6.07) is 6.49. The second-order valence-corrected chi connectivity index (χ2v) is 5.36. The van der Waals surface area contributed by atoms with Crippen LogP contribution in [0.2, 0.25) is 0 Å². The first-order chi connectivity index (χ1) is 7.54. The summed E-state index contributed by atoms with van der Waals surface area (Å²) >= 11 is 3.55. The van der Waals surface area contributed by atoms with Crippen molar-refractivity contribution in [3.05, 3.63) is 33.8 Å². The van der Waals surface area contributed by atoms with E-state index in [2.05, 4.69) is 60.2 Å². The topological polar surface area (TPSA) is 32.3 Å². The van der Waals surface area contributed by atoms with Crippen LogP contribution in [0.3, 0.4) is 0 Å². The first-order valence-corrected chi connectivity index (χ1v) is 6.43. The molecule has 0 spiro atoms. The minimum absolute atomic E-state index is 0.160. The average molecular weight is 286 g/mol. The molecule has 1 atom stereocenters. The summed E-state index contributed by atoms with van der Waals surface area (Å²) < 4.78 is 1.13. The molecular formula is C13H20BrNO. The molecule has 90 valence electrons. The highest BCUT2D eigenvalue weighted by Crippen LogP contribution is 2.18. The minimum Gasteiger partial charge on any atom is -0.395 e. The summed E-state index contributed by atoms with van der Waals surface area (Å²) in [7, 11) is 0. The third-order valence-corrected chi connectivity index (χ3v) is 3.50. The Bertz CT molecular complexity index is 339. The first kappa shape index (κ1) is 13.7. The highest BCUT2D eigenvalue weighted by molar-refractivity contribution is 9.10. The lowest BCUT2D eigenvalue weighted by molar-refractivity contribution is 0.210. The van der Waals surface area contributed by atoms with E-state index in [1.165, 1.54) is 11.1 Å². The molecule has 0 aliphatic heterocycles. The van der Waals surface area contributed by atoms with Crippen LogP contribution in [-0.2, 0) is 6.54 Å². The van der Waals surface area contributed by atoms with Crippen LogP contribution in [0.5, 0.6) is 0 Å². The number of halogens is 1. The zero-order valence-electron chi connectivity index (χ0n) is 10.1. The number of benzene rings is 1. The van der Waals surface area contributed by atoms with Crippen LogP contribution < -0.4 is 5.32 Å². The van der Waals surface area contributed by atoms with E-state index in [0.717, 1.165) is 11.0 Å². The van der Waals surface area contributed by atoms with Crippen molar-refractivity contribution in [2.75, 3.05) is 6.61 Å². The smallest absolute Gasteiger partial charge is 0.0587 e. The van der Waals surface area contributed by atoms with Crippen molar-refractivity contribution in [2.24, 2.45) is 5.92 Å². The Labute approximate surface area is 106 Å². The van der Waals surface area contributed by atoms with Crippen molar-refractivity contribution in [3.8, 4) is 0 Å². The van der Waals surface area contributed by atoms with E-state index in [1.807, 2.05) is 0 Å². The van der Waals surface area contributed by atoms with Crippen LogP contribution in [-0.4, -0.2) is 17.8 Å². The van der Waals surface area contributed by atoms with Gasteiger partial charge < -0.3 is 10.4 Å². The SMILES string of the molecule is Cc1ccc(CNC(CO)C(C)C)c(Br)c1. The van der Waals surface area contributed by atoms with Gasteiger partial charge in [-0.25, -0.2) is 0 Å². The molecule has 0 saturated carbocycles. The number of rotatable bonds is 5. The summed E-state index contributed by atoms with van der Waals surface area (Å²) in [6.45, 7) is 7.26. The fourth-order valence-electron chi connectivity index (χ4n) is 1.55. The van der Waals surface area contributed by atoms with Gasteiger partial charge in [0.05, 0.1) is 6.61 Å². The van der Waals surface area contributed by atoms with Crippen LogP contribution in [0.15, 0.2) is 22.7 Å². The number of nitrogens with one attached hydrogen (secondary N) is 1. The lowest BCUT2D eigenvalue weighted by Gasteiger charge is -2.20. The predicted molar refractivity (Wildman–Crippen MR) is 71.4 cm³/mol. The molecule has 0 heterocycles. The molecule has 0 amide bonds. The largest absolute Gasteiger partial charge is 0.395 e. The van der Waals surface area contributed by atoms with Gasteiger partial charge in [-0.2, -0.15) is 0 Å². The van der Waals surface area contributed by atoms with E-state index >= 15 is 0 Å². The molecule has 2 N–H and O–H groups in total. The maximum absolute atomic E-state index is 9.21. The second kappa shape index (κ2) is 6.38. The Kier molecular flexibility index (Phi) is 5.46. The van der Waals surface area contributed by atoms with Crippen molar-refractivity contribution in [2.45, 2.75) is 33.4 Å².